The Bertz CT molecular complexity index is 305. The molecule has 1 heterocycles. The number of rotatable bonds is 6. The topological polar surface area (TPSA) is 83.6 Å². The van der Waals surface area contributed by atoms with Crippen LogP contribution in [-0.4, -0.2) is 41.0 Å². The SMILES string of the molecule is CC(C)CC(N)C(=O)N1CCC(CCC(=O)O)C1. The molecule has 1 fully saturated rings. The molecule has 0 aromatic rings. The Labute approximate surface area is 108 Å². The molecule has 1 saturated heterocycles. The standard InChI is InChI=1S/C13H24N2O3/c1-9(2)7-11(14)13(18)15-6-5-10(8-15)3-4-12(16)17/h9-11H,3-8,14H2,1-2H3,(H,16,17). The van der Waals surface area contributed by atoms with Gasteiger partial charge < -0.3 is 15.7 Å². The summed E-state index contributed by atoms with van der Waals surface area (Å²) in [7, 11) is 0. The average molecular weight is 256 g/mol. The van der Waals surface area contributed by atoms with Gasteiger partial charge in [0.05, 0.1) is 6.04 Å². The lowest BCUT2D eigenvalue weighted by atomic mass is 10.0. The number of carbonyl (C=O) groups is 2. The van der Waals surface area contributed by atoms with Gasteiger partial charge in [-0.2, -0.15) is 0 Å². The van der Waals surface area contributed by atoms with E-state index in [9.17, 15) is 9.59 Å². The maximum Gasteiger partial charge on any atom is 0.303 e. The smallest absolute Gasteiger partial charge is 0.303 e. The highest BCUT2D eigenvalue weighted by Gasteiger charge is 2.29. The zero-order valence-electron chi connectivity index (χ0n) is 11.3. The lowest BCUT2D eigenvalue weighted by molar-refractivity contribution is -0.137. The first-order chi connectivity index (χ1) is 8.40. The van der Waals surface area contributed by atoms with Gasteiger partial charge in [0.15, 0.2) is 0 Å². The molecule has 3 N–H and O–H groups in total. The first-order valence-electron chi connectivity index (χ1n) is 6.66. The molecule has 2 atom stereocenters. The Kier molecular flexibility index (Phi) is 5.59. The molecule has 2 unspecified atom stereocenters. The van der Waals surface area contributed by atoms with Crippen molar-refractivity contribution >= 4 is 11.9 Å². The summed E-state index contributed by atoms with van der Waals surface area (Å²) in [5.41, 5.74) is 5.88. The summed E-state index contributed by atoms with van der Waals surface area (Å²) in [6.45, 7) is 5.48. The van der Waals surface area contributed by atoms with Gasteiger partial charge in [0, 0.05) is 19.5 Å². The quantitative estimate of drug-likeness (QED) is 0.744. The van der Waals surface area contributed by atoms with Gasteiger partial charge in [-0.25, -0.2) is 0 Å². The van der Waals surface area contributed by atoms with E-state index in [0.717, 1.165) is 13.0 Å². The summed E-state index contributed by atoms with van der Waals surface area (Å²) < 4.78 is 0. The van der Waals surface area contributed by atoms with Crippen molar-refractivity contribution < 1.29 is 14.7 Å². The highest BCUT2D eigenvalue weighted by molar-refractivity contribution is 5.81. The Hall–Kier alpha value is -1.10. The molecule has 0 aromatic carbocycles. The molecule has 0 aromatic heterocycles. The molecule has 5 nitrogen and oxygen atoms in total. The lowest BCUT2D eigenvalue weighted by Crippen LogP contribution is -2.43. The van der Waals surface area contributed by atoms with E-state index in [-0.39, 0.29) is 12.3 Å². The number of aliphatic carboxylic acids is 1. The molecule has 0 aliphatic carbocycles. The van der Waals surface area contributed by atoms with Crippen LogP contribution >= 0.6 is 0 Å². The maximum absolute atomic E-state index is 12.0. The monoisotopic (exact) mass is 256 g/mol. The molecular weight excluding hydrogens is 232 g/mol. The highest BCUT2D eigenvalue weighted by Crippen LogP contribution is 2.22. The second kappa shape index (κ2) is 6.73. The third-order valence-electron chi connectivity index (χ3n) is 3.41. The number of nitrogens with two attached hydrogens (primary N) is 1. The van der Waals surface area contributed by atoms with E-state index in [1.54, 1.807) is 4.90 Å². The molecule has 0 spiro atoms. The van der Waals surface area contributed by atoms with Crippen LogP contribution < -0.4 is 5.73 Å². The fraction of sp³-hybridized carbons (Fsp3) is 0.846. The largest absolute Gasteiger partial charge is 0.481 e. The predicted octanol–water partition coefficient (Wildman–Crippen LogP) is 1.07. The van der Waals surface area contributed by atoms with Crippen LogP contribution in [0.15, 0.2) is 0 Å². The van der Waals surface area contributed by atoms with Gasteiger partial charge >= 0.3 is 5.97 Å². The van der Waals surface area contributed by atoms with Crippen LogP contribution in [0.3, 0.4) is 0 Å². The molecule has 0 saturated carbocycles. The predicted molar refractivity (Wildman–Crippen MR) is 69.0 cm³/mol. The van der Waals surface area contributed by atoms with E-state index in [2.05, 4.69) is 0 Å². The van der Waals surface area contributed by atoms with E-state index in [1.807, 2.05) is 13.8 Å². The third kappa shape index (κ3) is 4.64. The Morgan fingerprint density at radius 1 is 1.44 bits per heavy atom. The van der Waals surface area contributed by atoms with Gasteiger partial charge in [-0.05, 0) is 31.1 Å². The van der Waals surface area contributed by atoms with Gasteiger partial charge in [-0.15, -0.1) is 0 Å². The normalized spacial score (nSPS) is 21.3. The number of amides is 1. The second-order valence-electron chi connectivity index (χ2n) is 5.61. The Balaban J connectivity index is 2.36. The molecule has 104 valence electrons. The molecule has 0 bridgehead atoms. The van der Waals surface area contributed by atoms with Gasteiger partial charge in [0.1, 0.15) is 0 Å². The van der Waals surface area contributed by atoms with Crippen LogP contribution in [0.4, 0.5) is 0 Å². The molecule has 5 heteroatoms. The summed E-state index contributed by atoms with van der Waals surface area (Å²) in [6, 6.07) is -0.414. The number of hydrogen-bond donors (Lipinski definition) is 2. The van der Waals surface area contributed by atoms with Crippen molar-refractivity contribution in [1.82, 2.24) is 4.90 Å². The Morgan fingerprint density at radius 3 is 2.67 bits per heavy atom. The highest BCUT2D eigenvalue weighted by atomic mass is 16.4. The molecule has 0 radical (unpaired) electrons. The molecule has 1 amide bonds. The van der Waals surface area contributed by atoms with Crippen LogP contribution in [0, 0.1) is 11.8 Å². The van der Waals surface area contributed by atoms with Crippen molar-refractivity contribution in [1.29, 1.82) is 0 Å². The van der Waals surface area contributed by atoms with Crippen molar-refractivity contribution in [2.45, 2.75) is 45.6 Å². The van der Waals surface area contributed by atoms with Crippen molar-refractivity contribution in [3.05, 3.63) is 0 Å². The van der Waals surface area contributed by atoms with Crippen molar-refractivity contribution in [3.8, 4) is 0 Å². The van der Waals surface area contributed by atoms with Crippen LogP contribution in [0.1, 0.15) is 39.5 Å². The first-order valence-corrected chi connectivity index (χ1v) is 6.66. The number of carboxylic acid groups (broad SMARTS) is 1. The summed E-state index contributed by atoms with van der Waals surface area (Å²) in [5.74, 6) is -0.0246. The molecule has 18 heavy (non-hydrogen) atoms. The number of nitrogens with zero attached hydrogens (tertiary/aromatic N) is 1. The van der Waals surface area contributed by atoms with E-state index < -0.39 is 12.0 Å². The van der Waals surface area contributed by atoms with Gasteiger partial charge in [-0.3, -0.25) is 9.59 Å². The number of hydrogen-bond acceptors (Lipinski definition) is 3. The van der Waals surface area contributed by atoms with Crippen molar-refractivity contribution in [2.75, 3.05) is 13.1 Å². The minimum Gasteiger partial charge on any atom is -0.481 e. The van der Waals surface area contributed by atoms with Crippen LogP contribution in [0.25, 0.3) is 0 Å². The van der Waals surface area contributed by atoms with E-state index >= 15 is 0 Å². The maximum atomic E-state index is 12.0. The summed E-state index contributed by atoms with van der Waals surface area (Å²) >= 11 is 0. The van der Waals surface area contributed by atoms with Crippen molar-refractivity contribution in [3.63, 3.8) is 0 Å². The summed E-state index contributed by atoms with van der Waals surface area (Å²) in [5, 5.41) is 8.64. The third-order valence-corrected chi connectivity index (χ3v) is 3.41. The van der Waals surface area contributed by atoms with E-state index in [0.29, 0.717) is 31.2 Å². The van der Waals surface area contributed by atoms with E-state index in [4.69, 9.17) is 10.8 Å². The van der Waals surface area contributed by atoms with Gasteiger partial charge in [0.2, 0.25) is 5.91 Å². The lowest BCUT2D eigenvalue weighted by Gasteiger charge is -2.22. The van der Waals surface area contributed by atoms with Crippen LogP contribution in [0.5, 0.6) is 0 Å². The first kappa shape index (κ1) is 15.0. The van der Waals surface area contributed by atoms with E-state index in [1.165, 1.54) is 0 Å². The fourth-order valence-corrected chi connectivity index (χ4v) is 2.44. The zero-order chi connectivity index (χ0) is 13.7. The van der Waals surface area contributed by atoms with Gasteiger partial charge in [-0.1, -0.05) is 13.8 Å². The van der Waals surface area contributed by atoms with Crippen molar-refractivity contribution in [2.24, 2.45) is 17.6 Å². The van der Waals surface area contributed by atoms with Crippen LogP contribution in [-0.2, 0) is 9.59 Å². The molecule has 1 rings (SSSR count). The molecule has 1 aliphatic rings. The zero-order valence-corrected chi connectivity index (χ0v) is 11.3. The number of likely N-dealkylation sites (tertiary alicyclic amines) is 1. The fourth-order valence-electron chi connectivity index (χ4n) is 2.44. The second-order valence-corrected chi connectivity index (χ2v) is 5.61. The van der Waals surface area contributed by atoms with Gasteiger partial charge in [0.25, 0.3) is 0 Å². The molecule has 1 aliphatic heterocycles. The Morgan fingerprint density at radius 2 is 2.11 bits per heavy atom. The van der Waals surface area contributed by atoms with Crippen LogP contribution in [0.2, 0.25) is 0 Å². The molecular formula is C13H24N2O3. The number of carbonyl (C=O) groups excluding carboxylic acids is 1. The number of carboxylic acids is 1. The minimum absolute atomic E-state index is 0.0153. The summed E-state index contributed by atoms with van der Waals surface area (Å²) in [6.07, 6.45) is 2.44. The minimum atomic E-state index is -0.767. The average Bonchev–Trinajstić information content (AvgIpc) is 2.72. The summed E-state index contributed by atoms with van der Waals surface area (Å²) in [4.78, 5) is 24.3.